The molecule has 0 saturated carbocycles. The average Bonchev–Trinajstić information content (AvgIpc) is 2.92. The number of nitrogens with zero attached hydrogens (tertiary/aromatic N) is 4. The molecule has 2 aromatic rings. The summed E-state index contributed by atoms with van der Waals surface area (Å²) in [5, 5.41) is 2.01. The maximum absolute atomic E-state index is 13.4. The van der Waals surface area contributed by atoms with Crippen LogP contribution in [-0.2, 0) is 9.59 Å². The number of amides is 3. The number of likely N-dealkylation sites (N-methyl/N-ethyl adjacent to an activating group) is 1. The van der Waals surface area contributed by atoms with Gasteiger partial charge < -0.3 is 19.6 Å². The van der Waals surface area contributed by atoms with Crippen molar-refractivity contribution in [1.29, 1.82) is 0 Å². The number of carbonyl (C=O) groups is 3. The number of rotatable bonds is 3. The molecule has 1 unspecified atom stereocenters. The highest BCUT2D eigenvalue weighted by atomic mass is 16.2. The van der Waals surface area contributed by atoms with Crippen LogP contribution in [0.5, 0.6) is 0 Å². The van der Waals surface area contributed by atoms with Crippen molar-refractivity contribution in [2.24, 2.45) is 11.8 Å². The molecule has 3 aliphatic heterocycles. The highest BCUT2D eigenvalue weighted by Crippen LogP contribution is 2.27. The second kappa shape index (κ2) is 10.4. The molecule has 7 nitrogen and oxygen atoms in total. The molecule has 3 saturated heterocycles. The summed E-state index contributed by atoms with van der Waals surface area (Å²) in [5.41, 5.74) is 0.708. The Morgan fingerprint density at radius 2 is 1.34 bits per heavy atom. The van der Waals surface area contributed by atoms with E-state index in [1.165, 1.54) is 0 Å². The lowest BCUT2D eigenvalue weighted by atomic mass is 9.91. The van der Waals surface area contributed by atoms with E-state index in [-0.39, 0.29) is 29.6 Å². The number of carbonyl (C=O) groups excluding carboxylic acids is 3. The van der Waals surface area contributed by atoms with Crippen molar-refractivity contribution in [3.05, 3.63) is 48.0 Å². The van der Waals surface area contributed by atoms with Gasteiger partial charge in [-0.3, -0.25) is 14.4 Å². The zero-order chi connectivity index (χ0) is 24.4. The van der Waals surface area contributed by atoms with Gasteiger partial charge in [0.2, 0.25) is 11.8 Å². The summed E-state index contributed by atoms with van der Waals surface area (Å²) in [5.74, 6) is 0.280. The molecule has 0 aromatic heterocycles. The summed E-state index contributed by atoms with van der Waals surface area (Å²) in [6.07, 6.45) is 3.13. The van der Waals surface area contributed by atoms with E-state index >= 15 is 0 Å². The second-order valence-electron chi connectivity index (χ2n) is 10.3. The lowest BCUT2D eigenvalue weighted by Gasteiger charge is -2.39. The van der Waals surface area contributed by atoms with Gasteiger partial charge in [0.25, 0.3) is 5.91 Å². The first-order valence-electron chi connectivity index (χ1n) is 13.0. The highest BCUT2D eigenvalue weighted by Gasteiger charge is 2.35. The van der Waals surface area contributed by atoms with Crippen LogP contribution in [0.1, 0.15) is 36.0 Å². The molecule has 0 bridgehead atoms. The fourth-order valence-corrected chi connectivity index (χ4v) is 5.84. The Labute approximate surface area is 207 Å². The van der Waals surface area contributed by atoms with Gasteiger partial charge in [-0.1, -0.05) is 36.4 Å². The topological polar surface area (TPSA) is 64.2 Å². The van der Waals surface area contributed by atoms with Crippen LogP contribution < -0.4 is 0 Å². The molecule has 0 aliphatic carbocycles. The van der Waals surface area contributed by atoms with E-state index in [2.05, 4.69) is 11.9 Å². The first-order valence-corrected chi connectivity index (χ1v) is 13.0. The number of benzene rings is 2. The minimum atomic E-state index is -0.160. The predicted octanol–water partition coefficient (Wildman–Crippen LogP) is 2.70. The van der Waals surface area contributed by atoms with E-state index < -0.39 is 0 Å². The van der Waals surface area contributed by atoms with Crippen molar-refractivity contribution in [3.63, 3.8) is 0 Å². The molecule has 1 atom stereocenters. The summed E-state index contributed by atoms with van der Waals surface area (Å²) >= 11 is 0. The van der Waals surface area contributed by atoms with E-state index in [0.717, 1.165) is 62.6 Å². The van der Waals surface area contributed by atoms with E-state index in [9.17, 15) is 14.4 Å². The number of piperidine rings is 2. The van der Waals surface area contributed by atoms with Crippen LogP contribution in [0.2, 0.25) is 0 Å². The number of fused-ring (bicyclic) bond motifs is 1. The molecular weight excluding hydrogens is 440 g/mol. The molecule has 0 spiro atoms. The largest absolute Gasteiger partial charge is 0.342 e. The second-order valence-corrected chi connectivity index (χ2v) is 10.3. The molecule has 3 amide bonds. The first kappa shape index (κ1) is 23.8. The molecule has 7 heteroatoms. The predicted molar refractivity (Wildman–Crippen MR) is 136 cm³/mol. The lowest BCUT2D eigenvalue weighted by molar-refractivity contribution is -0.144. The molecule has 3 fully saturated rings. The number of hydrogen-bond donors (Lipinski definition) is 0. The van der Waals surface area contributed by atoms with Gasteiger partial charge in [-0.05, 0) is 49.6 Å². The average molecular weight is 477 g/mol. The van der Waals surface area contributed by atoms with Crippen LogP contribution in [-0.4, -0.2) is 96.7 Å². The molecule has 0 N–H and O–H groups in total. The standard InChI is InChI=1S/C28H36N4O3/c1-29-16-18-31(19-17-29)26(33)22-11-14-30(15-12-22)27(34)23-8-5-13-32(20-23)28(35)25-10-4-7-21-6-2-3-9-24(21)25/h2-4,6-7,9-10,22-23H,5,8,11-20H2,1H3. The zero-order valence-electron chi connectivity index (χ0n) is 20.7. The molecule has 0 radical (unpaired) electrons. The van der Waals surface area contributed by atoms with Crippen molar-refractivity contribution in [2.45, 2.75) is 25.7 Å². The summed E-state index contributed by atoms with van der Waals surface area (Å²) < 4.78 is 0. The Kier molecular flexibility index (Phi) is 7.04. The van der Waals surface area contributed by atoms with Gasteiger partial charge >= 0.3 is 0 Å². The molecule has 3 aliphatic rings. The summed E-state index contributed by atoms with van der Waals surface area (Å²) in [6, 6.07) is 13.8. The highest BCUT2D eigenvalue weighted by molar-refractivity contribution is 6.07. The van der Waals surface area contributed by atoms with Gasteiger partial charge in [0, 0.05) is 63.8 Å². The van der Waals surface area contributed by atoms with E-state index in [4.69, 9.17) is 0 Å². The summed E-state index contributed by atoms with van der Waals surface area (Å²) in [7, 11) is 2.09. The van der Waals surface area contributed by atoms with Crippen molar-refractivity contribution in [1.82, 2.24) is 19.6 Å². The Balaban J connectivity index is 1.18. The minimum absolute atomic E-state index is 0.00998. The summed E-state index contributed by atoms with van der Waals surface area (Å²) in [4.78, 5) is 47.8. The van der Waals surface area contributed by atoms with Crippen LogP contribution in [0.3, 0.4) is 0 Å². The maximum atomic E-state index is 13.4. The van der Waals surface area contributed by atoms with Crippen LogP contribution >= 0.6 is 0 Å². The number of likely N-dealkylation sites (tertiary alicyclic amines) is 2. The molecule has 3 heterocycles. The molecular formula is C28H36N4O3. The van der Waals surface area contributed by atoms with Gasteiger partial charge in [0.15, 0.2) is 0 Å². The van der Waals surface area contributed by atoms with Crippen molar-refractivity contribution in [3.8, 4) is 0 Å². The van der Waals surface area contributed by atoms with Gasteiger partial charge in [-0.2, -0.15) is 0 Å². The SMILES string of the molecule is CN1CCN(C(=O)C2CCN(C(=O)C3CCCN(C(=O)c4cccc5ccccc45)C3)CC2)CC1. The van der Waals surface area contributed by atoms with Crippen molar-refractivity contribution >= 4 is 28.5 Å². The smallest absolute Gasteiger partial charge is 0.254 e. The molecule has 186 valence electrons. The van der Waals surface area contributed by atoms with Crippen molar-refractivity contribution in [2.75, 3.05) is 59.4 Å². The fourth-order valence-electron chi connectivity index (χ4n) is 5.84. The first-order chi connectivity index (χ1) is 17.0. The third-order valence-electron chi connectivity index (χ3n) is 8.05. The molecule has 35 heavy (non-hydrogen) atoms. The van der Waals surface area contributed by atoms with Crippen LogP contribution in [0.15, 0.2) is 42.5 Å². The third-order valence-corrected chi connectivity index (χ3v) is 8.05. The van der Waals surface area contributed by atoms with Gasteiger partial charge in [0.05, 0.1) is 5.92 Å². The third kappa shape index (κ3) is 5.06. The quantitative estimate of drug-likeness (QED) is 0.683. The number of hydrogen-bond acceptors (Lipinski definition) is 4. The molecule has 5 rings (SSSR count). The Morgan fingerprint density at radius 1 is 0.686 bits per heavy atom. The Bertz CT molecular complexity index is 1080. The van der Waals surface area contributed by atoms with Crippen LogP contribution in [0, 0.1) is 11.8 Å². The Hall–Kier alpha value is -2.93. The minimum Gasteiger partial charge on any atom is -0.342 e. The van der Waals surface area contributed by atoms with Crippen molar-refractivity contribution < 1.29 is 14.4 Å². The van der Waals surface area contributed by atoms with Gasteiger partial charge in [-0.25, -0.2) is 0 Å². The molecule has 2 aromatic carbocycles. The van der Waals surface area contributed by atoms with Gasteiger partial charge in [-0.15, -0.1) is 0 Å². The Morgan fingerprint density at radius 3 is 2.11 bits per heavy atom. The van der Waals surface area contributed by atoms with Gasteiger partial charge in [0.1, 0.15) is 0 Å². The van der Waals surface area contributed by atoms with Crippen LogP contribution in [0.4, 0.5) is 0 Å². The number of piperazine rings is 1. The zero-order valence-corrected chi connectivity index (χ0v) is 20.7. The normalized spacial score (nSPS) is 22.4. The van der Waals surface area contributed by atoms with E-state index in [1.807, 2.05) is 57.2 Å². The summed E-state index contributed by atoms with van der Waals surface area (Å²) in [6.45, 7) is 5.90. The van der Waals surface area contributed by atoms with E-state index in [1.54, 1.807) is 0 Å². The maximum Gasteiger partial charge on any atom is 0.254 e. The van der Waals surface area contributed by atoms with E-state index in [0.29, 0.717) is 31.7 Å². The monoisotopic (exact) mass is 476 g/mol. The van der Waals surface area contributed by atoms with Crippen LogP contribution in [0.25, 0.3) is 10.8 Å². The lowest BCUT2D eigenvalue weighted by Crippen LogP contribution is -2.52. The fraction of sp³-hybridized carbons (Fsp3) is 0.536.